The second kappa shape index (κ2) is 10.6. The van der Waals surface area contributed by atoms with Gasteiger partial charge < -0.3 is 10.6 Å². The first-order chi connectivity index (χ1) is 12.7. The van der Waals surface area contributed by atoms with E-state index in [-0.39, 0.29) is 24.1 Å². The monoisotopic (exact) mass is 411 g/mol. The quantitative estimate of drug-likeness (QED) is 0.731. The van der Waals surface area contributed by atoms with Crippen LogP contribution in [0.5, 0.6) is 0 Å². The lowest BCUT2D eigenvalue weighted by molar-refractivity contribution is 0.0940. The van der Waals surface area contributed by atoms with Crippen LogP contribution in [0, 0.1) is 5.92 Å². The molecule has 1 aliphatic heterocycles. The molecule has 1 aromatic carbocycles. The molecular formula is C19H27Cl2N5O. The summed E-state index contributed by atoms with van der Waals surface area (Å²) in [5.74, 6) is 1.36. The van der Waals surface area contributed by atoms with Gasteiger partial charge in [0.1, 0.15) is 5.82 Å². The van der Waals surface area contributed by atoms with Crippen molar-refractivity contribution in [1.29, 1.82) is 0 Å². The van der Waals surface area contributed by atoms with Crippen LogP contribution in [0.3, 0.4) is 0 Å². The van der Waals surface area contributed by atoms with Gasteiger partial charge in [0.2, 0.25) is 5.82 Å². The molecule has 1 aromatic heterocycles. The van der Waals surface area contributed by atoms with Gasteiger partial charge in [0, 0.05) is 13.0 Å². The molecule has 1 amide bonds. The highest BCUT2D eigenvalue weighted by atomic mass is 35.5. The van der Waals surface area contributed by atoms with E-state index in [1.165, 1.54) is 12.8 Å². The van der Waals surface area contributed by atoms with Crippen molar-refractivity contribution in [1.82, 2.24) is 25.4 Å². The zero-order chi connectivity index (χ0) is 18.4. The summed E-state index contributed by atoms with van der Waals surface area (Å²) in [7, 11) is 0. The Morgan fingerprint density at radius 3 is 2.93 bits per heavy atom. The van der Waals surface area contributed by atoms with Crippen LogP contribution in [0.25, 0.3) is 5.69 Å². The van der Waals surface area contributed by atoms with Crippen molar-refractivity contribution in [2.75, 3.05) is 19.6 Å². The number of carbonyl (C=O) groups is 1. The molecular weight excluding hydrogens is 385 g/mol. The minimum Gasteiger partial charge on any atom is -0.349 e. The number of nitrogens with zero attached hydrogens (tertiary/aromatic N) is 3. The Labute approximate surface area is 171 Å². The summed E-state index contributed by atoms with van der Waals surface area (Å²) in [5, 5.41) is 11.4. The highest BCUT2D eigenvalue weighted by Crippen LogP contribution is 2.21. The van der Waals surface area contributed by atoms with E-state index in [2.05, 4.69) is 27.6 Å². The van der Waals surface area contributed by atoms with Crippen LogP contribution in [-0.2, 0) is 6.42 Å². The van der Waals surface area contributed by atoms with Crippen LogP contribution in [0.15, 0.2) is 24.3 Å². The first-order valence-electron chi connectivity index (χ1n) is 9.38. The first-order valence-corrected chi connectivity index (χ1v) is 9.76. The predicted molar refractivity (Wildman–Crippen MR) is 110 cm³/mol. The number of hydrogen-bond acceptors (Lipinski definition) is 4. The SMILES string of the molecule is CCCc1nc(C(=O)NCCC2CCCNC2)nn1-c1ccccc1Cl.Cl. The van der Waals surface area contributed by atoms with Crippen LogP contribution in [0.1, 0.15) is 49.1 Å². The van der Waals surface area contributed by atoms with Gasteiger partial charge in [0.25, 0.3) is 5.91 Å². The maximum absolute atomic E-state index is 12.5. The largest absolute Gasteiger partial charge is 0.349 e. The summed E-state index contributed by atoms with van der Waals surface area (Å²) >= 11 is 6.29. The van der Waals surface area contributed by atoms with E-state index >= 15 is 0 Å². The van der Waals surface area contributed by atoms with Crippen molar-refractivity contribution in [3.05, 3.63) is 40.9 Å². The highest BCUT2D eigenvalue weighted by molar-refractivity contribution is 6.32. The molecule has 3 rings (SSSR count). The van der Waals surface area contributed by atoms with E-state index in [1.807, 2.05) is 24.3 Å². The zero-order valence-corrected chi connectivity index (χ0v) is 17.2. The third kappa shape index (κ3) is 5.67. The lowest BCUT2D eigenvalue weighted by Gasteiger charge is -2.22. The predicted octanol–water partition coefficient (Wildman–Crippen LogP) is 3.41. The average Bonchev–Trinajstić information content (AvgIpc) is 3.07. The summed E-state index contributed by atoms with van der Waals surface area (Å²) < 4.78 is 1.69. The lowest BCUT2D eigenvalue weighted by atomic mass is 9.96. The van der Waals surface area contributed by atoms with Gasteiger partial charge in [-0.3, -0.25) is 4.79 Å². The summed E-state index contributed by atoms with van der Waals surface area (Å²) in [5.41, 5.74) is 0.748. The molecule has 0 bridgehead atoms. The molecule has 6 nitrogen and oxygen atoms in total. The van der Waals surface area contributed by atoms with Crippen molar-refractivity contribution < 1.29 is 4.79 Å². The molecule has 1 unspecified atom stereocenters. The Balaban J connectivity index is 0.00000261. The zero-order valence-electron chi connectivity index (χ0n) is 15.6. The van der Waals surface area contributed by atoms with Gasteiger partial charge in [-0.05, 0) is 56.8 Å². The van der Waals surface area contributed by atoms with Crippen molar-refractivity contribution in [2.45, 2.75) is 39.0 Å². The normalized spacial score (nSPS) is 16.6. The molecule has 2 N–H and O–H groups in total. The number of hydrogen-bond donors (Lipinski definition) is 2. The number of piperidine rings is 1. The Hall–Kier alpha value is -1.63. The van der Waals surface area contributed by atoms with Gasteiger partial charge in [0.05, 0.1) is 10.7 Å². The number of rotatable bonds is 7. The Bertz CT molecular complexity index is 743. The van der Waals surface area contributed by atoms with E-state index in [9.17, 15) is 4.79 Å². The fourth-order valence-corrected chi connectivity index (χ4v) is 3.50. The maximum atomic E-state index is 12.5. The number of para-hydroxylation sites is 1. The van der Waals surface area contributed by atoms with E-state index in [0.717, 1.165) is 43.9 Å². The standard InChI is InChI=1S/C19H26ClN5O.ClH/c1-2-6-17-23-18(24-25(17)16-9-4-3-8-15(16)20)19(26)22-12-10-14-7-5-11-21-13-14;/h3-4,8-9,14,21H,2,5-7,10-13H2,1H3,(H,22,26);1H. The summed E-state index contributed by atoms with van der Waals surface area (Å²) in [6.45, 7) is 4.86. The van der Waals surface area contributed by atoms with Crippen molar-refractivity contribution in [3.8, 4) is 5.69 Å². The second-order valence-electron chi connectivity index (χ2n) is 6.72. The molecule has 0 aliphatic carbocycles. The van der Waals surface area contributed by atoms with Crippen LogP contribution in [-0.4, -0.2) is 40.3 Å². The number of aromatic nitrogens is 3. The van der Waals surface area contributed by atoms with E-state index in [1.54, 1.807) is 4.68 Å². The van der Waals surface area contributed by atoms with Crippen molar-refractivity contribution in [2.24, 2.45) is 5.92 Å². The third-order valence-corrected chi connectivity index (χ3v) is 4.99. The molecule has 2 heterocycles. The van der Waals surface area contributed by atoms with E-state index in [0.29, 0.717) is 17.5 Å². The number of amides is 1. The highest BCUT2D eigenvalue weighted by Gasteiger charge is 2.19. The molecule has 148 valence electrons. The Morgan fingerprint density at radius 1 is 1.41 bits per heavy atom. The molecule has 27 heavy (non-hydrogen) atoms. The van der Waals surface area contributed by atoms with Gasteiger partial charge in [-0.1, -0.05) is 30.7 Å². The second-order valence-corrected chi connectivity index (χ2v) is 7.13. The first kappa shape index (κ1) is 21.7. The number of carbonyl (C=O) groups excluding carboxylic acids is 1. The fourth-order valence-electron chi connectivity index (χ4n) is 3.28. The van der Waals surface area contributed by atoms with E-state index in [4.69, 9.17) is 11.6 Å². The average molecular weight is 412 g/mol. The van der Waals surface area contributed by atoms with Gasteiger partial charge in [-0.15, -0.1) is 17.5 Å². The smallest absolute Gasteiger partial charge is 0.290 e. The fraction of sp³-hybridized carbons (Fsp3) is 0.526. The van der Waals surface area contributed by atoms with Crippen LogP contribution in [0.4, 0.5) is 0 Å². The molecule has 1 saturated heterocycles. The molecule has 0 radical (unpaired) electrons. The lowest BCUT2D eigenvalue weighted by Crippen LogP contribution is -2.33. The van der Waals surface area contributed by atoms with Gasteiger partial charge in [-0.25, -0.2) is 9.67 Å². The van der Waals surface area contributed by atoms with Crippen LogP contribution >= 0.6 is 24.0 Å². The number of aryl methyl sites for hydroxylation is 1. The number of nitrogens with one attached hydrogen (secondary N) is 2. The van der Waals surface area contributed by atoms with Crippen LogP contribution in [0.2, 0.25) is 5.02 Å². The molecule has 2 aromatic rings. The number of benzene rings is 1. The minimum atomic E-state index is -0.225. The molecule has 0 spiro atoms. The molecule has 1 atom stereocenters. The molecule has 8 heteroatoms. The maximum Gasteiger partial charge on any atom is 0.290 e. The summed E-state index contributed by atoms with van der Waals surface area (Å²) in [6, 6.07) is 7.47. The Morgan fingerprint density at radius 2 is 2.22 bits per heavy atom. The van der Waals surface area contributed by atoms with Gasteiger partial charge in [0.15, 0.2) is 0 Å². The number of halogens is 2. The van der Waals surface area contributed by atoms with Crippen molar-refractivity contribution >= 4 is 29.9 Å². The van der Waals surface area contributed by atoms with Gasteiger partial charge in [-0.2, -0.15) is 0 Å². The van der Waals surface area contributed by atoms with Crippen molar-refractivity contribution in [3.63, 3.8) is 0 Å². The third-order valence-electron chi connectivity index (χ3n) is 4.67. The minimum absolute atomic E-state index is 0. The van der Waals surface area contributed by atoms with Gasteiger partial charge >= 0.3 is 0 Å². The summed E-state index contributed by atoms with van der Waals surface area (Å²) in [4.78, 5) is 16.9. The molecule has 0 saturated carbocycles. The van der Waals surface area contributed by atoms with E-state index < -0.39 is 0 Å². The molecule has 1 aliphatic rings. The molecule has 1 fully saturated rings. The topological polar surface area (TPSA) is 71.8 Å². The Kier molecular flexibility index (Phi) is 8.54. The van der Waals surface area contributed by atoms with Crippen LogP contribution < -0.4 is 10.6 Å². The summed E-state index contributed by atoms with van der Waals surface area (Å²) in [6.07, 6.45) is 5.07.